The van der Waals surface area contributed by atoms with Crippen molar-refractivity contribution in [3.63, 3.8) is 0 Å². The molecular formula is C26H25N3O5S. The summed E-state index contributed by atoms with van der Waals surface area (Å²) in [6.45, 7) is 0.689. The number of hydrogen-bond donors (Lipinski definition) is 3. The summed E-state index contributed by atoms with van der Waals surface area (Å²) >= 11 is 1.23. The molecule has 0 bridgehead atoms. The highest BCUT2D eigenvalue weighted by Gasteiger charge is 2.28. The first-order valence-corrected chi connectivity index (χ1v) is 12.3. The van der Waals surface area contributed by atoms with Crippen molar-refractivity contribution in [1.29, 1.82) is 0 Å². The van der Waals surface area contributed by atoms with Gasteiger partial charge in [0.05, 0.1) is 18.0 Å². The number of nitrogens with one attached hydrogen (secondary N) is 2. The summed E-state index contributed by atoms with van der Waals surface area (Å²) in [5.74, 6) is -0.697. The van der Waals surface area contributed by atoms with Crippen LogP contribution in [-0.4, -0.2) is 52.7 Å². The average molecular weight is 492 g/mol. The number of fused-ring (bicyclic) bond motifs is 3. The van der Waals surface area contributed by atoms with Crippen molar-refractivity contribution >= 4 is 29.7 Å². The van der Waals surface area contributed by atoms with Gasteiger partial charge in [0.1, 0.15) is 6.61 Å². The number of carboxylic acid groups (broad SMARTS) is 1. The standard InChI is InChI=1S/C26H25N3O5S/c30-24(31)16-35-12-11-28-25(32)17-9-10-27-18(13-17)14-29-26(33)34-15-23-21-7-3-1-5-19(21)20-6-2-4-8-22(20)23/h1-10,13,23H,11-12,14-16H2,(H,28,32)(H,29,33)(H,30,31). The van der Waals surface area contributed by atoms with E-state index < -0.39 is 12.1 Å². The molecule has 0 radical (unpaired) electrons. The number of nitrogens with zero attached hydrogens (tertiary/aromatic N) is 1. The second-order valence-corrected chi connectivity index (χ2v) is 9.02. The highest BCUT2D eigenvalue weighted by molar-refractivity contribution is 7.99. The lowest BCUT2D eigenvalue weighted by atomic mass is 9.98. The first kappa shape index (κ1) is 24.3. The van der Waals surface area contributed by atoms with Crippen LogP contribution in [0, 0.1) is 0 Å². The second kappa shape index (κ2) is 11.5. The Hall–Kier alpha value is -3.85. The molecule has 0 saturated heterocycles. The van der Waals surface area contributed by atoms with Crippen LogP contribution < -0.4 is 10.6 Å². The minimum atomic E-state index is -0.885. The molecule has 0 saturated carbocycles. The molecule has 3 N–H and O–H groups in total. The molecule has 0 fully saturated rings. The Morgan fingerprint density at radius 1 is 0.971 bits per heavy atom. The smallest absolute Gasteiger partial charge is 0.407 e. The summed E-state index contributed by atoms with van der Waals surface area (Å²) in [6, 6.07) is 19.5. The van der Waals surface area contributed by atoms with Gasteiger partial charge in [-0.2, -0.15) is 0 Å². The van der Waals surface area contributed by atoms with Gasteiger partial charge in [0.2, 0.25) is 0 Å². The lowest BCUT2D eigenvalue weighted by Gasteiger charge is -2.14. The molecular weight excluding hydrogens is 466 g/mol. The molecule has 180 valence electrons. The fourth-order valence-electron chi connectivity index (χ4n) is 4.03. The number of hydrogen-bond acceptors (Lipinski definition) is 6. The number of benzene rings is 2. The zero-order chi connectivity index (χ0) is 24.6. The van der Waals surface area contributed by atoms with Crippen molar-refractivity contribution in [3.8, 4) is 11.1 Å². The van der Waals surface area contributed by atoms with E-state index in [1.54, 1.807) is 12.1 Å². The Labute approximate surface area is 207 Å². The van der Waals surface area contributed by atoms with E-state index in [1.165, 1.54) is 18.0 Å². The number of carbonyl (C=O) groups excluding carboxylic acids is 2. The number of thioether (sulfide) groups is 1. The van der Waals surface area contributed by atoms with Crippen molar-refractivity contribution in [1.82, 2.24) is 15.6 Å². The molecule has 3 aromatic rings. The Bertz CT molecular complexity index is 1190. The number of pyridine rings is 1. The molecule has 0 atom stereocenters. The van der Waals surface area contributed by atoms with E-state index in [-0.39, 0.29) is 30.7 Å². The highest BCUT2D eigenvalue weighted by atomic mass is 32.2. The van der Waals surface area contributed by atoms with Gasteiger partial charge in [0.25, 0.3) is 5.91 Å². The van der Waals surface area contributed by atoms with Gasteiger partial charge in [-0.1, -0.05) is 48.5 Å². The van der Waals surface area contributed by atoms with Gasteiger partial charge in [-0.15, -0.1) is 11.8 Å². The maximum Gasteiger partial charge on any atom is 0.407 e. The number of alkyl carbamates (subject to hydrolysis) is 1. The van der Waals surface area contributed by atoms with Crippen molar-refractivity contribution in [2.45, 2.75) is 12.5 Å². The highest BCUT2D eigenvalue weighted by Crippen LogP contribution is 2.44. The molecule has 4 rings (SSSR count). The van der Waals surface area contributed by atoms with E-state index >= 15 is 0 Å². The van der Waals surface area contributed by atoms with E-state index in [0.29, 0.717) is 23.6 Å². The molecule has 2 aromatic carbocycles. The van der Waals surface area contributed by atoms with E-state index in [9.17, 15) is 14.4 Å². The monoisotopic (exact) mass is 491 g/mol. The fraction of sp³-hybridized carbons (Fsp3) is 0.231. The van der Waals surface area contributed by atoms with E-state index in [0.717, 1.165) is 22.3 Å². The molecule has 35 heavy (non-hydrogen) atoms. The molecule has 0 spiro atoms. The topological polar surface area (TPSA) is 118 Å². The lowest BCUT2D eigenvalue weighted by Crippen LogP contribution is -2.27. The third-order valence-electron chi connectivity index (χ3n) is 5.59. The van der Waals surface area contributed by atoms with E-state index in [4.69, 9.17) is 9.84 Å². The summed E-state index contributed by atoms with van der Waals surface area (Å²) in [6.07, 6.45) is 0.946. The third-order valence-corrected chi connectivity index (χ3v) is 6.54. The minimum absolute atomic E-state index is 0.00316. The van der Waals surface area contributed by atoms with Gasteiger partial charge >= 0.3 is 12.1 Å². The van der Waals surface area contributed by atoms with Crippen LogP contribution in [0.2, 0.25) is 0 Å². The van der Waals surface area contributed by atoms with Crippen LogP contribution in [-0.2, 0) is 16.1 Å². The zero-order valence-corrected chi connectivity index (χ0v) is 19.7. The predicted molar refractivity (Wildman–Crippen MR) is 133 cm³/mol. The van der Waals surface area contributed by atoms with Gasteiger partial charge in [-0.25, -0.2) is 4.79 Å². The minimum Gasteiger partial charge on any atom is -0.481 e. The van der Waals surface area contributed by atoms with Gasteiger partial charge in [-0.3, -0.25) is 14.6 Å². The first-order chi connectivity index (χ1) is 17.0. The molecule has 0 unspecified atom stereocenters. The summed E-state index contributed by atoms with van der Waals surface area (Å²) in [7, 11) is 0. The van der Waals surface area contributed by atoms with Crippen LogP contribution in [0.1, 0.15) is 33.1 Å². The molecule has 9 heteroatoms. The van der Waals surface area contributed by atoms with E-state index in [1.807, 2.05) is 24.3 Å². The number of carbonyl (C=O) groups is 3. The quantitative estimate of drug-likeness (QED) is 0.371. The summed E-state index contributed by atoms with van der Waals surface area (Å²) in [4.78, 5) is 39.4. The van der Waals surface area contributed by atoms with Crippen LogP contribution in [0.3, 0.4) is 0 Å². The SMILES string of the molecule is O=C(O)CSCCNC(=O)c1ccnc(CNC(=O)OCC2c3ccccc3-c3ccccc32)c1. The second-order valence-electron chi connectivity index (χ2n) is 7.92. The third kappa shape index (κ3) is 6.19. The number of carboxylic acids is 1. The molecule has 1 aliphatic rings. The van der Waals surface area contributed by atoms with Crippen molar-refractivity contribution < 1.29 is 24.2 Å². The zero-order valence-electron chi connectivity index (χ0n) is 18.9. The summed E-state index contributed by atoms with van der Waals surface area (Å²) in [5.41, 5.74) is 5.54. The number of rotatable bonds is 10. The maximum atomic E-state index is 12.4. The molecule has 1 heterocycles. The van der Waals surface area contributed by atoms with E-state index in [2.05, 4.69) is 39.9 Å². The number of ether oxygens (including phenoxy) is 1. The average Bonchev–Trinajstić information content (AvgIpc) is 3.19. The Balaban J connectivity index is 1.27. The Morgan fingerprint density at radius 2 is 1.66 bits per heavy atom. The molecule has 0 aliphatic heterocycles. The number of amides is 2. The Kier molecular flexibility index (Phi) is 7.99. The first-order valence-electron chi connectivity index (χ1n) is 11.1. The van der Waals surface area contributed by atoms with Gasteiger partial charge < -0.3 is 20.5 Å². The van der Waals surface area contributed by atoms with Crippen LogP contribution in [0.5, 0.6) is 0 Å². The molecule has 2 amide bonds. The van der Waals surface area contributed by atoms with Crippen molar-refractivity contribution in [2.75, 3.05) is 24.7 Å². The van der Waals surface area contributed by atoms with Crippen LogP contribution >= 0.6 is 11.8 Å². The number of aromatic nitrogens is 1. The Morgan fingerprint density at radius 3 is 2.34 bits per heavy atom. The number of aliphatic carboxylic acids is 1. The van der Waals surface area contributed by atoms with Crippen LogP contribution in [0.4, 0.5) is 4.79 Å². The summed E-state index contributed by atoms with van der Waals surface area (Å²) < 4.78 is 5.53. The molecule has 1 aromatic heterocycles. The maximum absolute atomic E-state index is 12.4. The summed E-state index contributed by atoms with van der Waals surface area (Å²) in [5, 5.41) is 14.1. The van der Waals surface area contributed by atoms with Crippen molar-refractivity contribution in [3.05, 3.63) is 89.2 Å². The lowest BCUT2D eigenvalue weighted by molar-refractivity contribution is -0.133. The van der Waals surface area contributed by atoms with Crippen LogP contribution in [0.25, 0.3) is 11.1 Å². The van der Waals surface area contributed by atoms with Gasteiger partial charge in [-0.05, 0) is 34.4 Å². The fourth-order valence-corrected chi connectivity index (χ4v) is 4.59. The van der Waals surface area contributed by atoms with Gasteiger partial charge in [0.15, 0.2) is 0 Å². The van der Waals surface area contributed by atoms with Crippen LogP contribution in [0.15, 0.2) is 66.9 Å². The largest absolute Gasteiger partial charge is 0.481 e. The molecule has 1 aliphatic carbocycles. The predicted octanol–water partition coefficient (Wildman–Crippen LogP) is 3.67. The van der Waals surface area contributed by atoms with Crippen molar-refractivity contribution in [2.24, 2.45) is 0 Å². The van der Waals surface area contributed by atoms with Gasteiger partial charge in [0, 0.05) is 30.0 Å². The molecule has 8 nitrogen and oxygen atoms in total. The normalized spacial score (nSPS) is 11.9.